The molecular weight excluding hydrogens is 276 g/mol. The molecule has 1 unspecified atom stereocenters. The minimum atomic E-state index is 0.138. The first-order chi connectivity index (χ1) is 10.6. The Hall–Kier alpha value is -2.04. The predicted molar refractivity (Wildman–Crippen MR) is 85.8 cm³/mol. The number of rotatable bonds is 3. The van der Waals surface area contributed by atoms with E-state index in [2.05, 4.69) is 18.1 Å². The molecule has 5 heteroatoms. The number of likely N-dealkylation sites (tertiary alicyclic amines) is 1. The van der Waals surface area contributed by atoms with Crippen molar-refractivity contribution < 1.29 is 4.79 Å². The Bertz CT molecular complexity index is 670. The lowest BCUT2D eigenvalue weighted by Crippen LogP contribution is -2.46. The van der Waals surface area contributed by atoms with Gasteiger partial charge in [0.25, 0.3) is 5.91 Å². The van der Waals surface area contributed by atoms with Crippen molar-refractivity contribution in [2.45, 2.75) is 45.7 Å². The van der Waals surface area contributed by atoms with Gasteiger partial charge in [-0.2, -0.15) is 5.10 Å². The second kappa shape index (κ2) is 5.99. The number of carbonyl (C=O) groups is 1. The average molecular weight is 300 g/mol. The molecule has 0 saturated carbocycles. The summed E-state index contributed by atoms with van der Waals surface area (Å²) in [6, 6.07) is 6.14. The molecule has 1 amide bonds. The van der Waals surface area contributed by atoms with Crippen molar-refractivity contribution in [3.05, 3.63) is 41.5 Å². The number of hydrogen-bond acceptors (Lipinski definition) is 2. The third-order valence-electron chi connectivity index (χ3n) is 4.54. The van der Waals surface area contributed by atoms with Crippen molar-refractivity contribution in [2.24, 2.45) is 7.05 Å². The van der Waals surface area contributed by atoms with Crippen LogP contribution in [0, 0.1) is 13.8 Å². The SMILES string of the molecule is Cc1cc(C)n(CC2CCCCN2C(=O)c2cccn2C)n1. The molecule has 3 rings (SSSR count). The molecule has 22 heavy (non-hydrogen) atoms. The molecule has 0 bridgehead atoms. The number of aromatic nitrogens is 3. The van der Waals surface area contributed by atoms with Gasteiger partial charge < -0.3 is 9.47 Å². The van der Waals surface area contributed by atoms with E-state index in [0.717, 1.165) is 43.0 Å². The molecule has 0 spiro atoms. The van der Waals surface area contributed by atoms with Gasteiger partial charge in [-0.15, -0.1) is 0 Å². The van der Waals surface area contributed by atoms with E-state index in [1.165, 1.54) is 6.42 Å². The maximum atomic E-state index is 12.8. The largest absolute Gasteiger partial charge is 0.347 e. The topological polar surface area (TPSA) is 43.1 Å². The second-order valence-electron chi connectivity index (χ2n) is 6.26. The zero-order valence-electron chi connectivity index (χ0n) is 13.6. The van der Waals surface area contributed by atoms with Crippen LogP contribution < -0.4 is 0 Å². The van der Waals surface area contributed by atoms with Crippen LogP contribution >= 0.6 is 0 Å². The minimum Gasteiger partial charge on any atom is -0.347 e. The summed E-state index contributed by atoms with van der Waals surface area (Å²) in [5.74, 6) is 0.138. The van der Waals surface area contributed by atoms with Crippen LogP contribution in [-0.4, -0.2) is 37.7 Å². The maximum absolute atomic E-state index is 12.8. The molecule has 1 aliphatic rings. The fraction of sp³-hybridized carbons (Fsp3) is 0.529. The highest BCUT2D eigenvalue weighted by atomic mass is 16.2. The average Bonchev–Trinajstić information content (AvgIpc) is 3.05. The summed E-state index contributed by atoms with van der Waals surface area (Å²) in [7, 11) is 1.92. The van der Waals surface area contributed by atoms with Gasteiger partial charge in [0.1, 0.15) is 5.69 Å². The molecule has 1 aliphatic heterocycles. The monoisotopic (exact) mass is 300 g/mol. The molecule has 1 atom stereocenters. The van der Waals surface area contributed by atoms with E-state index in [9.17, 15) is 4.79 Å². The molecule has 5 nitrogen and oxygen atoms in total. The Morgan fingerprint density at radius 2 is 2.18 bits per heavy atom. The van der Waals surface area contributed by atoms with Gasteiger partial charge in [-0.1, -0.05) is 0 Å². The lowest BCUT2D eigenvalue weighted by molar-refractivity contribution is 0.0573. The van der Waals surface area contributed by atoms with Crippen LogP contribution in [0.5, 0.6) is 0 Å². The highest BCUT2D eigenvalue weighted by Gasteiger charge is 2.29. The summed E-state index contributed by atoms with van der Waals surface area (Å²) in [5.41, 5.74) is 2.96. The fourth-order valence-corrected chi connectivity index (χ4v) is 3.35. The van der Waals surface area contributed by atoms with E-state index in [-0.39, 0.29) is 11.9 Å². The van der Waals surface area contributed by atoms with E-state index in [0.29, 0.717) is 0 Å². The summed E-state index contributed by atoms with van der Waals surface area (Å²) >= 11 is 0. The van der Waals surface area contributed by atoms with Crippen LogP contribution in [0.3, 0.4) is 0 Å². The molecular formula is C17H24N4O. The maximum Gasteiger partial charge on any atom is 0.270 e. The summed E-state index contributed by atoms with van der Waals surface area (Å²) in [5, 5.41) is 4.55. The van der Waals surface area contributed by atoms with Crippen molar-refractivity contribution in [3.8, 4) is 0 Å². The molecule has 118 valence electrons. The quantitative estimate of drug-likeness (QED) is 0.874. The van der Waals surface area contributed by atoms with Crippen molar-refractivity contribution >= 4 is 5.91 Å². The Morgan fingerprint density at radius 1 is 1.36 bits per heavy atom. The summed E-state index contributed by atoms with van der Waals surface area (Å²) in [6.07, 6.45) is 5.24. The van der Waals surface area contributed by atoms with Crippen molar-refractivity contribution in [3.63, 3.8) is 0 Å². The first-order valence-corrected chi connectivity index (χ1v) is 7.99. The summed E-state index contributed by atoms with van der Waals surface area (Å²) in [4.78, 5) is 14.9. The van der Waals surface area contributed by atoms with Crippen LogP contribution in [0.1, 0.15) is 41.1 Å². The molecule has 1 fully saturated rings. The zero-order chi connectivity index (χ0) is 15.7. The molecule has 3 heterocycles. The Kier molecular flexibility index (Phi) is 4.05. The number of hydrogen-bond donors (Lipinski definition) is 0. The Balaban J connectivity index is 1.81. The van der Waals surface area contributed by atoms with Crippen molar-refractivity contribution in [2.75, 3.05) is 6.54 Å². The molecule has 2 aromatic rings. The van der Waals surface area contributed by atoms with Crippen LogP contribution in [0.2, 0.25) is 0 Å². The normalized spacial score (nSPS) is 18.7. The van der Waals surface area contributed by atoms with Gasteiger partial charge in [0, 0.05) is 25.5 Å². The Morgan fingerprint density at radius 3 is 2.82 bits per heavy atom. The Labute approximate surface area is 131 Å². The predicted octanol–water partition coefficient (Wildman–Crippen LogP) is 2.53. The molecule has 2 aromatic heterocycles. The number of piperidine rings is 1. The van der Waals surface area contributed by atoms with Crippen molar-refractivity contribution in [1.29, 1.82) is 0 Å². The molecule has 0 aromatic carbocycles. The van der Waals surface area contributed by atoms with E-state index >= 15 is 0 Å². The lowest BCUT2D eigenvalue weighted by atomic mass is 10.0. The lowest BCUT2D eigenvalue weighted by Gasteiger charge is -2.36. The van der Waals surface area contributed by atoms with Gasteiger partial charge in [0.05, 0.1) is 18.3 Å². The number of amides is 1. The van der Waals surface area contributed by atoms with Crippen LogP contribution in [0.4, 0.5) is 0 Å². The van der Waals surface area contributed by atoms with Gasteiger partial charge in [0.2, 0.25) is 0 Å². The van der Waals surface area contributed by atoms with Gasteiger partial charge in [0.15, 0.2) is 0 Å². The molecule has 1 saturated heterocycles. The summed E-state index contributed by atoms with van der Waals surface area (Å²) < 4.78 is 3.94. The molecule has 0 aliphatic carbocycles. The van der Waals surface area contributed by atoms with Gasteiger partial charge in [-0.25, -0.2) is 0 Å². The van der Waals surface area contributed by atoms with E-state index in [1.54, 1.807) is 0 Å². The summed E-state index contributed by atoms with van der Waals surface area (Å²) in [6.45, 7) is 5.72. The smallest absolute Gasteiger partial charge is 0.270 e. The van der Waals surface area contributed by atoms with E-state index < -0.39 is 0 Å². The van der Waals surface area contributed by atoms with Gasteiger partial charge in [-0.3, -0.25) is 9.48 Å². The minimum absolute atomic E-state index is 0.138. The third-order valence-corrected chi connectivity index (χ3v) is 4.54. The van der Waals surface area contributed by atoms with Gasteiger partial charge in [-0.05, 0) is 51.3 Å². The van der Waals surface area contributed by atoms with E-state index in [1.807, 2.05) is 46.4 Å². The second-order valence-corrected chi connectivity index (χ2v) is 6.26. The first-order valence-electron chi connectivity index (χ1n) is 7.99. The van der Waals surface area contributed by atoms with E-state index in [4.69, 9.17) is 0 Å². The highest BCUT2D eigenvalue weighted by Crippen LogP contribution is 2.21. The van der Waals surface area contributed by atoms with Crippen LogP contribution in [-0.2, 0) is 13.6 Å². The van der Waals surface area contributed by atoms with Crippen LogP contribution in [0.15, 0.2) is 24.4 Å². The number of carbonyl (C=O) groups excluding carboxylic acids is 1. The van der Waals surface area contributed by atoms with Crippen molar-refractivity contribution in [1.82, 2.24) is 19.2 Å². The standard InChI is InChI=1S/C17H24N4O/c1-13-11-14(2)21(18-13)12-15-7-4-5-10-20(15)17(22)16-8-6-9-19(16)3/h6,8-9,11,15H,4-5,7,10,12H2,1-3H3. The molecule has 0 N–H and O–H groups in total. The number of nitrogens with zero attached hydrogens (tertiary/aromatic N) is 4. The number of aryl methyl sites for hydroxylation is 3. The highest BCUT2D eigenvalue weighted by molar-refractivity contribution is 5.93. The van der Waals surface area contributed by atoms with Gasteiger partial charge >= 0.3 is 0 Å². The molecule has 0 radical (unpaired) electrons. The fourth-order valence-electron chi connectivity index (χ4n) is 3.35. The van der Waals surface area contributed by atoms with Crippen LogP contribution in [0.25, 0.3) is 0 Å². The zero-order valence-corrected chi connectivity index (χ0v) is 13.6. The first kappa shape index (κ1) is 14.9. The third kappa shape index (κ3) is 2.80.